The van der Waals surface area contributed by atoms with Crippen molar-refractivity contribution in [1.82, 2.24) is 10.3 Å². The Morgan fingerprint density at radius 3 is 2.48 bits per heavy atom. The fraction of sp³-hybridized carbons (Fsp3) is 0.333. The predicted octanol–water partition coefficient (Wildman–Crippen LogP) is 2.62. The number of methoxy groups -OCH3 is 2. The van der Waals surface area contributed by atoms with Gasteiger partial charge in [-0.1, -0.05) is 6.07 Å². The van der Waals surface area contributed by atoms with Crippen LogP contribution in [0.4, 0.5) is 0 Å². The minimum atomic E-state index is 0.101. The summed E-state index contributed by atoms with van der Waals surface area (Å²) in [5.41, 5.74) is 2.12. The molecule has 0 radical (unpaired) electrons. The van der Waals surface area contributed by atoms with Gasteiger partial charge in [0, 0.05) is 36.8 Å². The summed E-state index contributed by atoms with van der Waals surface area (Å²) in [6, 6.07) is 11.9. The van der Waals surface area contributed by atoms with E-state index in [4.69, 9.17) is 9.47 Å². The van der Waals surface area contributed by atoms with Gasteiger partial charge in [-0.25, -0.2) is 0 Å². The number of aliphatic imine (C=N–C) groups is 1. The molecule has 2 aromatic rings. The maximum Gasteiger partial charge on any atom is 0.122 e. The number of hydrogen-bond donors (Lipinski definition) is 1. The summed E-state index contributed by atoms with van der Waals surface area (Å²) in [5, 5.41) is 3.34. The Morgan fingerprint density at radius 2 is 1.91 bits per heavy atom. The van der Waals surface area contributed by atoms with Gasteiger partial charge >= 0.3 is 0 Å². The van der Waals surface area contributed by atoms with E-state index >= 15 is 0 Å². The monoisotopic (exact) mass is 311 g/mol. The molecule has 0 bridgehead atoms. The van der Waals surface area contributed by atoms with Gasteiger partial charge in [-0.2, -0.15) is 0 Å². The van der Waals surface area contributed by atoms with E-state index in [-0.39, 0.29) is 5.92 Å². The second-order valence-corrected chi connectivity index (χ2v) is 5.41. The first kappa shape index (κ1) is 15.3. The molecule has 1 aliphatic rings. The summed E-state index contributed by atoms with van der Waals surface area (Å²) < 4.78 is 10.8. The van der Waals surface area contributed by atoms with Gasteiger partial charge in [0.25, 0.3) is 0 Å². The lowest BCUT2D eigenvalue weighted by atomic mass is 9.91. The van der Waals surface area contributed by atoms with Crippen molar-refractivity contribution in [1.29, 1.82) is 0 Å². The van der Waals surface area contributed by atoms with Crippen molar-refractivity contribution in [2.45, 2.75) is 12.3 Å². The summed E-state index contributed by atoms with van der Waals surface area (Å²) in [5.74, 6) is 2.69. The Hall–Kier alpha value is -2.56. The molecule has 0 fully saturated rings. The molecule has 2 heterocycles. The molecule has 23 heavy (non-hydrogen) atoms. The Morgan fingerprint density at radius 1 is 1.13 bits per heavy atom. The highest BCUT2D eigenvalue weighted by molar-refractivity contribution is 5.84. The number of pyridine rings is 1. The van der Waals surface area contributed by atoms with Crippen LogP contribution in [-0.2, 0) is 0 Å². The molecule has 0 amide bonds. The van der Waals surface area contributed by atoms with Crippen LogP contribution in [0.3, 0.4) is 0 Å². The lowest BCUT2D eigenvalue weighted by molar-refractivity contribution is 0.393. The third-order valence-electron chi connectivity index (χ3n) is 3.96. The molecule has 1 aromatic carbocycles. The summed E-state index contributed by atoms with van der Waals surface area (Å²) >= 11 is 0. The van der Waals surface area contributed by atoms with Crippen molar-refractivity contribution in [2.24, 2.45) is 4.99 Å². The van der Waals surface area contributed by atoms with E-state index in [2.05, 4.69) is 15.3 Å². The molecule has 1 atom stereocenters. The van der Waals surface area contributed by atoms with Gasteiger partial charge in [-0.05, 0) is 29.8 Å². The van der Waals surface area contributed by atoms with E-state index in [1.54, 1.807) is 14.2 Å². The second kappa shape index (κ2) is 7.13. The zero-order chi connectivity index (χ0) is 16.1. The Bertz CT molecular complexity index is 664. The SMILES string of the molecule is COc1cc(OC)cc(C(CC2=NCCN2)c2ccccn2)c1. The largest absolute Gasteiger partial charge is 0.497 e. The zero-order valence-corrected chi connectivity index (χ0v) is 13.5. The molecule has 1 aromatic heterocycles. The van der Waals surface area contributed by atoms with Crippen LogP contribution in [-0.4, -0.2) is 38.1 Å². The zero-order valence-electron chi connectivity index (χ0n) is 13.5. The fourth-order valence-electron chi connectivity index (χ4n) is 2.78. The molecular weight excluding hydrogens is 290 g/mol. The molecule has 120 valence electrons. The minimum Gasteiger partial charge on any atom is -0.497 e. The summed E-state index contributed by atoms with van der Waals surface area (Å²) in [6.07, 6.45) is 2.61. The van der Waals surface area contributed by atoms with E-state index < -0.39 is 0 Å². The van der Waals surface area contributed by atoms with Crippen molar-refractivity contribution in [3.8, 4) is 11.5 Å². The first-order valence-electron chi connectivity index (χ1n) is 7.71. The van der Waals surface area contributed by atoms with Crippen molar-refractivity contribution in [2.75, 3.05) is 27.3 Å². The van der Waals surface area contributed by atoms with E-state index in [0.29, 0.717) is 0 Å². The van der Waals surface area contributed by atoms with Gasteiger partial charge in [-0.3, -0.25) is 9.98 Å². The maximum absolute atomic E-state index is 5.41. The minimum absolute atomic E-state index is 0.101. The summed E-state index contributed by atoms with van der Waals surface area (Å²) in [7, 11) is 3.33. The average Bonchev–Trinajstić information content (AvgIpc) is 3.13. The topological polar surface area (TPSA) is 55.7 Å². The molecule has 0 saturated carbocycles. The van der Waals surface area contributed by atoms with Crippen molar-refractivity contribution >= 4 is 5.84 Å². The smallest absolute Gasteiger partial charge is 0.122 e. The third-order valence-corrected chi connectivity index (χ3v) is 3.96. The van der Waals surface area contributed by atoms with Crippen molar-refractivity contribution in [3.63, 3.8) is 0 Å². The van der Waals surface area contributed by atoms with Crippen LogP contribution in [0.5, 0.6) is 11.5 Å². The average molecular weight is 311 g/mol. The Balaban J connectivity index is 2.00. The molecule has 5 nitrogen and oxygen atoms in total. The number of ether oxygens (including phenoxy) is 2. The highest BCUT2D eigenvalue weighted by Crippen LogP contribution is 2.33. The number of aromatic nitrogens is 1. The highest BCUT2D eigenvalue weighted by Gasteiger charge is 2.21. The first-order valence-corrected chi connectivity index (χ1v) is 7.71. The van der Waals surface area contributed by atoms with E-state index in [1.165, 1.54) is 0 Å². The molecule has 1 N–H and O–H groups in total. The molecule has 5 heteroatoms. The molecule has 1 unspecified atom stereocenters. The van der Waals surface area contributed by atoms with Crippen LogP contribution in [0, 0.1) is 0 Å². The maximum atomic E-state index is 5.41. The Labute approximate surface area is 136 Å². The van der Waals surface area contributed by atoms with Crippen LogP contribution in [0.1, 0.15) is 23.6 Å². The van der Waals surface area contributed by atoms with Gasteiger partial charge in [0.2, 0.25) is 0 Å². The molecule has 0 saturated heterocycles. The lowest BCUT2D eigenvalue weighted by Crippen LogP contribution is -2.21. The number of benzene rings is 1. The molecular formula is C18H21N3O2. The third kappa shape index (κ3) is 3.62. The van der Waals surface area contributed by atoms with Crippen LogP contribution in [0.15, 0.2) is 47.6 Å². The van der Waals surface area contributed by atoms with Crippen molar-refractivity contribution in [3.05, 3.63) is 53.9 Å². The van der Waals surface area contributed by atoms with Gasteiger partial charge in [0.15, 0.2) is 0 Å². The number of nitrogens with zero attached hydrogens (tertiary/aromatic N) is 2. The standard InChI is InChI=1S/C18H21N3O2/c1-22-14-9-13(10-15(11-14)23-2)16(12-18-20-7-8-21-18)17-5-3-4-6-19-17/h3-6,9-11,16H,7-8,12H2,1-2H3,(H,20,21). The molecule has 0 spiro atoms. The Kier molecular flexibility index (Phi) is 4.76. The second-order valence-electron chi connectivity index (χ2n) is 5.41. The van der Waals surface area contributed by atoms with Gasteiger partial charge in [0.1, 0.15) is 11.5 Å². The fourth-order valence-corrected chi connectivity index (χ4v) is 2.78. The van der Waals surface area contributed by atoms with Crippen LogP contribution in [0.2, 0.25) is 0 Å². The van der Waals surface area contributed by atoms with Crippen LogP contribution in [0.25, 0.3) is 0 Å². The van der Waals surface area contributed by atoms with Gasteiger partial charge < -0.3 is 14.8 Å². The van der Waals surface area contributed by atoms with E-state index in [0.717, 1.165) is 48.1 Å². The molecule has 3 rings (SSSR count). The van der Waals surface area contributed by atoms with E-state index in [1.807, 2.05) is 42.6 Å². The molecule has 0 aliphatic carbocycles. The number of rotatable bonds is 6. The van der Waals surface area contributed by atoms with E-state index in [9.17, 15) is 0 Å². The predicted molar refractivity (Wildman–Crippen MR) is 90.5 cm³/mol. The van der Waals surface area contributed by atoms with Crippen molar-refractivity contribution < 1.29 is 9.47 Å². The summed E-state index contributed by atoms with van der Waals surface area (Å²) in [6.45, 7) is 1.75. The normalized spacial score (nSPS) is 14.8. The van der Waals surface area contributed by atoms with Gasteiger partial charge in [-0.15, -0.1) is 0 Å². The van der Waals surface area contributed by atoms with Gasteiger partial charge in [0.05, 0.1) is 26.6 Å². The van der Waals surface area contributed by atoms with Crippen LogP contribution < -0.4 is 14.8 Å². The first-order chi connectivity index (χ1) is 11.3. The highest BCUT2D eigenvalue weighted by atomic mass is 16.5. The number of hydrogen-bond acceptors (Lipinski definition) is 5. The molecule has 1 aliphatic heterocycles. The number of amidine groups is 1. The number of nitrogens with one attached hydrogen (secondary N) is 1. The summed E-state index contributed by atoms with van der Waals surface area (Å²) in [4.78, 5) is 9.07. The van der Waals surface area contributed by atoms with Crippen LogP contribution >= 0.6 is 0 Å². The lowest BCUT2D eigenvalue weighted by Gasteiger charge is -2.19. The quantitative estimate of drug-likeness (QED) is 0.891.